The fraction of sp³-hybridized carbons (Fsp3) is 0.938. The molecule has 0 aromatic heterocycles. The van der Waals surface area contributed by atoms with Crippen molar-refractivity contribution in [3.05, 3.63) is 0 Å². The Kier molecular flexibility index (Phi) is 6.46. The molecule has 1 aliphatic carbocycles. The Morgan fingerprint density at radius 1 is 1.40 bits per heavy atom. The third-order valence-corrected chi connectivity index (χ3v) is 4.62. The van der Waals surface area contributed by atoms with Gasteiger partial charge in [0.15, 0.2) is 0 Å². The highest BCUT2D eigenvalue weighted by atomic mass is 16.5. The molecule has 0 aliphatic heterocycles. The lowest BCUT2D eigenvalue weighted by molar-refractivity contribution is -0.149. The number of esters is 1. The lowest BCUT2D eigenvalue weighted by Gasteiger charge is -2.35. The van der Waals surface area contributed by atoms with Gasteiger partial charge in [-0.1, -0.05) is 13.8 Å². The first-order valence-electron chi connectivity index (χ1n) is 8.02. The molecule has 0 saturated heterocycles. The van der Waals surface area contributed by atoms with Crippen molar-refractivity contribution < 1.29 is 9.53 Å². The van der Waals surface area contributed by atoms with Crippen LogP contribution in [-0.2, 0) is 9.53 Å². The zero-order chi connectivity index (χ0) is 15.3. The molecule has 1 saturated carbocycles. The molecule has 0 aromatic rings. The molecular weight excluding hydrogens is 252 g/mol. The van der Waals surface area contributed by atoms with Gasteiger partial charge in [-0.2, -0.15) is 0 Å². The molecule has 1 rings (SSSR count). The second-order valence-corrected chi connectivity index (χ2v) is 6.36. The molecule has 1 fully saturated rings. The van der Waals surface area contributed by atoms with Crippen molar-refractivity contribution in [2.45, 2.75) is 84.0 Å². The molecule has 3 atom stereocenters. The van der Waals surface area contributed by atoms with Gasteiger partial charge in [0.25, 0.3) is 0 Å². The van der Waals surface area contributed by atoms with Crippen molar-refractivity contribution in [1.29, 1.82) is 0 Å². The Labute approximate surface area is 124 Å². The molecule has 0 radical (unpaired) electrons. The summed E-state index contributed by atoms with van der Waals surface area (Å²) in [6.07, 6.45) is 3.94. The van der Waals surface area contributed by atoms with Gasteiger partial charge in [0.1, 0.15) is 5.54 Å². The number of rotatable bonds is 7. The standard InChI is InChI=1S/C16H32N2O2/c1-7-13(5)18(8-2)14-9-10-16(11-14,15(19)20-6)17-12(3)4/h12-14,17H,7-11H2,1-6H3. The third-order valence-electron chi connectivity index (χ3n) is 4.62. The number of nitrogens with one attached hydrogen (secondary N) is 1. The van der Waals surface area contributed by atoms with E-state index in [1.54, 1.807) is 0 Å². The molecule has 118 valence electrons. The Hall–Kier alpha value is -0.610. The molecule has 1 aliphatic rings. The first kappa shape index (κ1) is 17.4. The third kappa shape index (κ3) is 3.73. The van der Waals surface area contributed by atoms with Crippen molar-refractivity contribution in [2.75, 3.05) is 13.7 Å². The molecule has 0 aromatic carbocycles. The smallest absolute Gasteiger partial charge is 0.326 e. The Bertz CT molecular complexity index is 320. The van der Waals surface area contributed by atoms with Gasteiger partial charge in [0.05, 0.1) is 7.11 Å². The minimum absolute atomic E-state index is 0.103. The summed E-state index contributed by atoms with van der Waals surface area (Å²) < 4.78 is 5.07. The lowest BCUT2D eigenvalue weighted by Crippen LogP contribution is -2.54. The van der Waals surface area contributed by atoms with Crippen molar-refractivity contribution in [2.24, 2.45) is 0 Å². The van der Waals surface area contributed by atoms with E-state index in [0.717, 1.165) is 32.2 Å². The molecule has 0 bridgehead atoms. The van der Waals surface area contributed by atoms with Crippen molar-refractivity contribution in [1.82, 2.24) is 10.2 Å². The average molecular weight is 284 g/mol. The Balaban J connectivity index is 2.85. The average Bonchev–Trinajstić information content (AvgIpc) is 2.82. The van der Waals surface area contributed by atoms with Crippen molar-refractivity contribution >= 4 is 5.97 Å². The van der Waals surface area contributed by atoms with Crippen LogP contribution in [0.4, 0.5) is 0 Å². The number of methoxy groups -OCH3 is 1. The summed E-state index contributed by atoms with van der Waals surface area (Å²) in [7, 11) is 1.49. The summed E-state index contributed by atoms with van der Waals surface area (Å²) in [6, 6.07) is 1.32. The fourth-order valence-electron chi connectivity index (χ4n) is 3.59. The summed E-state index contributed by atoms with van der Waals surface area (Å²) >= 11 is 0. The molecule has 0 heterocycles. The molecule has 20 heavy (non-hydrogen) atoms. The molecule has 1 N–H and O–H groups in total. The van der Waals surface area contributed by atoms with Crippen molar-refractivity contribution in [3.63, 3.8) is 0 Å². The van der Waals surface area contributed by atoms with Gasteiger partial charge in [-0.15, -0.1) is 0 Å². The fourth-order valence-corrected chi connectivity index (χ4v) is 3.59. The molecular formula is C16H32N2O2. The van der Waals surface area contributed by atoms with E-state index in [0.29, 0.717) is 12.1 Å². The van der Waals surface area contributed by atoms with E-state index in [1.807, 2.05) is 0 Å². The maximum absolute atomic E-state index is 12.3. The zero-order valence-electron chi connectivity index (χ0n) is 14.0. The van der Waals surface area contributed by atoms with Gasteiger partial charge < -0.3 is 4.74 Å². The van der Waals surface area contributed by atoms with E-state index < -0.39 is 5.54 Å². The van der Waals surface area contributed by atoms with Crippen LogP contribution in [0.1, 0.15) is 60.3 Å². The molecule has 0 spiro atoms. The SMILES string of the molecule is CCC(C)N(CC)C1CCC(NC(C)C)(C(=O)OC)C1. The van der Waals surface area contributed by atoms with Crippen LogP contribution in [0.2, 0.25) is 0 Å². The van der Waals surface area contributed by atoms with Crippen LogP contribution in [0.3, 0.4) is 0 Å². The van der Waals surface area contributed by atoms with Crippen molar-refractivity contribution in [3.8, 4) is 0 Å². The maximum atomic E-state index is 12.3. The van der Waals surface area contributed by atoms with E-state index in [-0.39, 0.29) is 12.0 Å². The van der Waals surface area contributed by atoms with Gasteiger partial charge in [-0.25, -0.2) is 0 Å². The van der Waals surface area contributed by atoms with Gasteiger partial charge in [-0.3, -0.25) is 15.0 Å². The van der Waals surface area contributed by atoms with Gasteiger partial charge >= 0.3 is 5.97 Å². The Morgan fingerprint density at radius 2 is 2.05 bits per heavy atom. The van der Waals surface area contributed by atoms with Crippen LogP contribution in [0, 0.1) is 0 Å². The highest BCUT2D eigenvalue weighted by molar-refractivity contribution is 5.81. The maximum Gasteiger partial charge on any atom is 0.326 e. The van der Waals surface area contributed by atoms with E-state index in [4.69, 9.17) is 4.74 Å². The second kappa shape index (κ2) is 7.41. The van der Waals surface area contributed by atoms with Crippen LogP contribution in [-0.4, -0.2) is 48.2 Å². The largest absolute Gasteiger partial charge is 0.468 e. The van der Waals surface area contributed by atoms with Crippen LogP contribution < -0.4 is 5.32 Å². The van der Waals surface area contributed by atoms with Gasteiger partial charge in [0, 0.05) is 18.1 Å². The number of ether oxygens (including phenoxy) is 1. The molecule has 0 amide bonds. The lowest BCUT2D eigenvalue weighted by atomic mass is 9.95. The van der Waals surface area contributed by atoms with Crippen LogP contribution in [0.5, 0.6) is 0 Å². The van der Waals surface area contributed by atoms with Crippen LogP contribution >= 0.6 is 0 Å². The normalized spacial score (nSPS) is 28.1. The number of hydrogen-bond donors (Lipinski definition) is 1. The summed E-state index contributed by atoms with van der Waals surface area (Å²) in [4.78, 5) is 14.8. The second-order valence-electron chi connectivity index (χ2n) is 6.36. The van der Waals surface area contributed by atoms with E-state index in [9.17, 15) is 4.79 Å². The summed E-state index contributed by atoms with van der Waals surface area (Å²) in [5.41, 5.74) is -0.492. The number of carbonyl (C=O) groups excluding carboxylic acids is 1. The Morgan fingerprint density at radius 3 is 2.50 bits per heavy atom. The number of hydrogen-bond acceptors (Lipinski definition) is 4. The predicted octanol–water partition coefficient (Wildman–Crippen LogP) is 2.57. The summed E-state index contributed by atoms with van der Waals surface area (Å²) in [5.74, 6) is -0.103. The molecule has 4 heteroatoms. The van der Waals surface area contributed by atoms with E-state index >= 15 is 0 Å². The van der Waals surface area contributed by atoms with Gasteiger partial charge in [-0.05, 0) is 53.0 Å². The molecule has 4 nitrogen and oxygen atoms in total. The minimum atomic E-state index is -0.492. The van der Waals surface area contributed by atoms with Crippen LogP contribution in [0.25, 0.3) is 0 Å². The van der Waals surface area contributed by atoms with E-state index in [2.05, 4.69) is 44.8 Å². The highest BCUT2D eigenvalue weighted by Gasteiger charge is 2.48. The first-order valence-corrected chi connectivity index (χ1v) is 8.02. The quantitative estimate of drug-likeness (QED) is 0.730. The van der Waals surface area contributed by atoms with E-state index in [1.165, 1.54) is 7.11 Å². The summed E-state index contributed by atoms with van der Waals surface area (Å²) in [5, 5.41) is 3.47. The summed E-state index contributed by atoms with van der Waals surface area (Å²) in [6.45, 7) is 11.9. The predicted molar refractivity (Wildman–Crippen MR) is 82.8 cm³/mol. The van der Waals surface area contributed by atoms with Gasteiger partial charge in [0.2, 0.25) is 0 Å². The highest BCUT2D eigenvalue weighted by Crippen LogP contribution is 2.35. The monoisotopic (exact) mass is 284 g/mol. The number of carbonyl (C=O) groups is 1. The molecule has 3 unspecified atom stereocenters. The first-order chi connectivity index (χ1) is 9.40. The zero-order valence-corrected chi connectivity index (χ0v) is 14.0. The number of nitrogens with zero attached hydrogens (tertiary/aromatic N) is 1. The van der Waals surface area contributed by atoms with Crippen LogP contribution in [0.15, 0.2) is 0 Å². The minimum Gasteiger partial charge on any atom is -0.468 e. The topological polar surface area (TPSA) is 41.6 Å².